The fourth-order valence-electron chi connectivity index (χ4n) is 1.86. The molecule has 0 aliphatic heterocycles. The number of nitrogens with one attached hydrogen (secondary N) is 1. The SMILES string of the molecule is COc1ccc(C(O)CNc2cccc(C#N)c2)cc1. The molecule has 0 fully saturated rings. The maximum atomic E-state index is 10.1. The average molecular weight is 268 g/mol. The number of benzene rings is 2. The third-order valence-corrected chi connectivity index (χ3v) is 2.99. The number of aliphatic hydroxyl groups excluding tert-OH is 1. The molecule has 1 atom stereocenters. The van der Waals surface area contributed by atoms with Crippen LogP contribution in [0, 0.1) is 11.3 Å². The number of hydrogen-bond acceptors (Lipinski definition) is 4. The fourth-order valence-corrected chi connectivity index (χ4v) is 1.86. The Morgan fingerprint density at radius 1 is 1.25 bits per heavy atom. The zero-order valence-corrected chi connectivity index (χ0v) is 11.2. The van der Waals surface area contributed by atoms with E-state index in [0.29, 0.717) is 12.1 Å². The molecule has 0 aliphatic carbocycles. The largest absolute Gasteiger partial charge is 0.497 e. The van der Waals surface area contributed by atoms with E-state index in [1.54, 1.807) is 25.3 Å². The third kappa shape index (κ3) is 3.50. The van der Waals surface area contributed by atoms with E-state index >= 15 is 0 Å². The quantitative estimate of drug-likeness (QED) is 0.875. The van der Waals surface area contributed by atoms with Crippen molar-refractivity contribution in [1.29, 1.82) is 5.26 Å². The minimum atomic E-state index is -0.619. The Balaban J connectivity index is 1.97. The minimum Gasteiger partial charge on any atom is -0.497 e. The van der Waals surface area contributed by atoms with Crippen LogP contribution in [0.1, 0.15) is 17.2 Å². The zero-order valence-electron chi connectivity index (χ0n) is 11.2. The lowest BCUT2D eigenvalue weighted by molar-refractivity contribution is 0.191. The van der Waals surface area contributed by atoms with Crippen molar-refractivity contribution in [3.8, 4) is 11.8 Å². The van der Waals surface area contributed by atoms with Crippen LogP contribution >= 0.6 is 0 Å². The van der Waals surface area contributed by atoms with Crippen LogP contribution in [0.4, 0.5) is 5.69 Å². The molecule has 4 heteroatoms. The van der Waals surface area contributed by atoms with E-state index in [1.807, 2.05) is 30.3 Å². The number of aliphatic hydroxyl groups is 1. The van der Waals surface area contributed by atoms with E-state index in [2.05, 4.69) is 11.4 Å². The first-order valence-corrected chi connectivity index (χ1v) is 6.29. The van der Waals surface area contributed by atoms with Gasteiger partial charge in [-0.15, -0.1) is 0 Å². The molecule has 2 aromatic carbocycles. The highest BCUT2D eigenvalue weighted by molar-refractivity contribution is 5.49. The van der Waals surface area contributed by atoms with Gasteiger partial charge in [0.2, 0.25) is 0 Å². The van der Waals surface area contributed by atoms with Gasteiger partial charge in [0.15, 0.2) is 0 Å². The fraction of sp³-hybridized carbons (Fsp3) is 0.188. The van der Waals surface area contributed by atoms with Gasteiger partial charge >= 0.3 is 0 Å². The van der Waals surface area contributed by atoms with Crippen molar-refractivity contribution in [2.75, 3.05) is 19.0 Å². The number of nitriles is 1. The smallest absolute Gasteiger partial charge is 0.118 e. The summed E-state index contributed by atoms with van der Waals surface area (Å²) in [4.78, 5) is 0. The molecule has 0 saturated heterocycles. The summed E-state index contributed by atoms with van der Waals surface area (Å²) < 4.78 is 5.08. The van der Waals surface area contributed by atoms with Gasteiger partial charge in [-0.05, 0) is 35.9 Å². The van der Waals surface area contributed by atoms with E-state index < -0.39 is 6.10 Å². The van der Waals surface area contributed by atoms with Gasteiger partial charge in [0.05, 0.1) is 24.8 Å². The number of ether oxygens (including phenoxy) is 1. The van der Waals surface area contributed by atoms with Crippen LogP contribution in [0.15, 0.2) is 48.5 Å². The molecule has 0 spiro atoms. The van der Waals surface area contributed by atoms with Gasteiger partial charge in [0.25, 0.3) is 0 Å². The van der Waals surface area contributed by atoms with Gasteiger partial charge in [-0.2, -0.15) is 5.26 Å². The Morgan fingerprint density at radius 3 is 2.65 bits per heavy atom. The first kappa shape index (κ1) is 13.9. The lowest BCUT2D eigenvalue weighted by Gasteiger charge is -2.13. The van der Waals surface area contributed by atoms with E-state index in [1.165, 1.54) is 0 Å². The van der Waals surface area contributed by atoms with Crippen LogP contribution in [-0.4, -0.2) is 18.8 Å². The molecule has 20 heavy (non-hydrogen) atoms. The molecule has 0 radical (unpaired) electrons. The maximum Gasteiger partial charge on any atom is 0.118 e. The summed E-state index contributed by atoms with van der Waals surface area (Å²) in [6.07, 6.45) is -0.619. The lowest BCUT2D eigenvalue weighted by Crippen LogP contribution is -2.12. The Hall–Kier alpha value is -2.51. The van der Waals surface area contributed by atoms with Crippen LogP contribution in [0.25, 0.3) is 0 Å². The first-order valence-electron chi connectivity index (χ1n) is 6.29. The molecular weight excluding hydrogens is 252 g/mol. The first-order chi connectivity index (χ1) is 9.72. The molecule has 0 aromatic heterocycles. The van der Waals surface area contributed by atoms with Crippen LogP contribution in [-0.2, 0) is 0 Å². The number of anilines is 1. The van der Waals surface area contributed by atoms with Crippen molar-refractivity contribution in [2.24, 2.45) is 0 Å². The van der Waals surface area contributed by atoms with Gasteiger partial charge in [-0.1, -0.05) is 18.2 Å². The van der Waals surface area contributed by atoms with Crippen molar-refractivity contribution >= 4 is 5.69 Å². The molecule has 102 valence electrons. The highest BCUT2D eigenvalue weighted by atomic mass is 16.5. The summed E-state index contributed by atoms with van der Waals surface area (Å²) in [5.74, 6) is 0.760. The Bertz CT molecular complexity index is 603. The third-order valence-electron chi connectivity index (χ3n) is 2.99. The van der Waals surface area contributed by atoms with Gasteiger partial charge in [0.1, 0.15) is 5.75 Å². The summed E-state index contributed by atoms with van der Waals surface area (Å²) in [6, 6.07) is 16.5. The van der Waals surface area contributed by atoms with Crippen LogP contribution in [0.5, 0.6) is 5.75 Å². The Morgan fingerprint density at radius 2 is 2.00 bits per heavy atom. The van der Waals surface area contributed by atoms with Crippen molar-refractivity contribution < 1.29 is 9.84 Å². The molecule has 1 unspecified atom stereocenters. The van der Waals surface area contributed by atoms with E-state index in [0.717, 1.165) is 17.0 Å². The van der Waals surface area contributed by atoms with Crippen molar-refractivity contribution in [1.82, 2.24) is 0 Å². The molecule has 0 saturated carbocycles. The second-order valence-corrected chi connectivity index (χ2v) is 4.36. The van der Waals surface area contributed by atoms with Crippen molar-refractivity contribution in [3.63, 3.8) is 0 Å². The molecule has 0 amide bonds. The highest BCUT2D eigenvalue weighted by Gasteiger charge is 2.07. The van der Waals surface area contributed by atoms with Gasteiger partial charge in [0, 0.05) is 12.2 Å². The Kier molecular flexibility index (Phi) is 4.59. The van der Waals surface area contributed by atoms with Gasteiger partial charge in [-0.3, -0.25) is 0 Å². The highest BCUT2D eigenvalue weighted by Crippen LogP contribution is 2.18. The normalized spacial score (nSPS) is 11.4. The summed E-state index contributed by atoms with van der Waals surface area (Å²) in [5.41, 5.74) is 2.22. The number of hydrogen-bond donors (Lipinski definition) is 2. The number of nitrogens with zero attached hydrogens (tertiary/aromatic N) is 1. The topological polar surface area (TPSA) is 65.3 Å². The molecular formula is C16H16N2O2. The predicted molar refractivity (Wildman–Crippen MR) is 77.6 cm³/mol. The van der Waals surface area contributed by atoms with E-state index in [4.69, 9.17) is 10.00 Å². The van der Waals surface area contributed by atoms with Crippen LogP contribution in [0.2, 0.25) is 0 Å². The predicted octanol–water partition coefficient (Wildman–Crippen LogP) is 2.71. The van der Waals surface area contributed by atoms with E-state index in [9.17, 15) is 5.11 Å². The van der Waals surface area contributed by atoms with Crippen LogP contribution < -0.4 is 10.1 Å². The summed E-state index contributed by atoms with van der Waals surface area (Å²) in [6.45, 7) is 0.376. The number of methoxy groups -OCH3 is 1. The van der Waals surface area contributed by atoms with Crippen molar-refractivity contribution in [2.45, 2.75) is 6.10 Å². The second kappa shape index (κ2) is 6.60. The molecule has 2 N–H and O–H groups in total. The second-order valence-electron chi connectivity index (χ2n) is 4.36. The lowest BCUT2D eigenvalue weighted by atomic mass is 10.1. The number of rotatable bonds is 5. The summed E-state index contributed by atoms with van der Waals surface area (Å²) >= 11 is 0. The maximum absolute atomic E-state index is 10.1. The minimum absolute atomic E-state index is 0.376. The Labute approximate surface area is 118 Å². The van der Waals surface area contributed by atoms with Crippen molar-refractivity contribution in [3.05, 3.63) is 59.7 Å². The molecule has 0 heterocycles. The molecule has 2 aromatic rings. The average Bonchev–Trinajstić information content (AvgIpc) is 2.53. The zero-order chi connectivity index (χ0) is 14.4. The summed E-state index contributed by atoms with van der Waals surface area (Å²) in [5, 5.41) is 22.0. The molecule has 2 rings (SSSR count). The summed E-state index contributed by atoms with van der Waals surface area (Å²) in [7, 11) is 1.61. The molecule has 0 aliphatic rings. The van der Waals surface area contributed by atoms with Gasteiger partial charge < -0.3 is 15.2 Å². The molecule has 0 bridgehead atoms. The monoisotopic (exact) mass is 268 g/mol. The van der Waals surface area contributed by atoms with Gasteiger partial charge in [-0.25, -0.2) is 0 Å². The molecule has 4 nitrogen and oxygen atoms in total. The van der Waals surface area contributed by atoms with Crippen LogP contribution in [0.3, 0.4) is 0 Å². The standard InChI is InChI=1S/C16H16N2O2/c1-20-15-7-5-13(6-8-15)16(19)11-18-14-4-2-3-12(9-14)10-17/h2-9,16,18-19H,11H2,1H3. The van der Waals surface area contributed by atoms with E-state index in [-0.39, 0.29) is 0 Å².